The van der Waals surface area contributed by atoms with Crippen molar-refractivity contribution in [3.8, 4) is 0 Å². The van der Waals surface area contributed by atoms with Crippen LogP contribution in [-0.2, 0) is 38.7 Å². The number of esters is 2. The van der Waals surface area contributed by atoms with Gasteiger partial charge in [-0.25, -0.2) is 0 Å². The number of hydrogen-bond acceptors (Lipinski definition) is 11. The molecule has 1 rings (SSSR count). The Morgan fingerprint density at radius 2 is 1.05 bits per heavy atom. The Bertz CT molecular complexity index is 1140. The third-order valence-corrected chi connectivity index (χ3v) is 10.8. The quantitative estimate of drug-likeness (QED) is 0.0205. The van der Waals surface area contributed by atoms with Crippen LogP contribution in [0.2, 0.25) is 0 Å². The number of rotatable bonds is 36. The highest BCUT2D eigenvalue weighted by Gasteiger charge is 2.46. The van der Waals surface area contributed by atoms with Gasteiger partial charge in [0.2, 0.25) is 0 Å². The van der Waals surface area contributed by atoms with E-state index in [9.17, 15) is 37.9 Å². The SMILES string of the molecule is CCCCCCCC/C=C/CCCCCC(=O)OC[C@H](CO[C@H]1O[C@H](CS(=O)(=O)O)[C@@H](O)C(O)C1O)OC(=O)CC/C=C/CCCCCCCCCCCCC. The van der Waals surface area contributed by atoms with Crippen molar-refractivity contribution in [3.63, 3.8) is 0 Å². The Hall–Kier alpha value is -1.87. The molecule has 1 aliphatic rings. The minimum Gasteiger partial charge on any atom is -0.462 e. The van der Waals surface area contributed by atoms with Crippen molar-refractivity contribution in [1.82, 2.24) is 0 Å². The van der Waals surface area contributed by atoms with Gasteiger partial charge in [-0.2, -0.15) is 8.42 Å². The van der Waals surface area contributed by atoms with Crippen LogP contribution in [0.5, 0.6) is 0 Å². The molecule has 1 saturated heterocycles. The van der Waals surface area contributed by atoms with Crippen molar-refractivity contribution in [1.29, 1.82) is 0 Å². The van der Waals surface area contributed by atoms with E-state index in [0.29, 0.717) is 12.8 Å². The first-order chi connectivity index (χ1) is 27.0. The van der Waals surface area contributed by atoms with Crippen molar-refractivity contribution in [3.05, 3.63) is 24.3 Å². The van der Waals surface area contributed by atoms with Crippen LogP contribution in [-0.4, -0.2) is 96.0 Å². The van der Waals surface area contributed by atoms with E-state index < -0.39 is 71.2 Å². The van der Waals surface area contributed by atoms with Crippen LogP contribution in [0.1, 0.15) is 181 Å². The largest absolute Gasteiger partial charge is 0.462 e. The standard InChI is InChI=1S/C43H78O12S/c1-3-5-7-9-11-13-15-17-18-20-22-24-26-28-30-32-39(45)54-36(34-53-43-42(48)41(47)40(46)37(55-43)35-56(49,50)51)33-52-38(44)31-29-27-25-23-21-19-16-14-12-10-8-6-4-2/h19,21,26,28,36-37,40-43,46-48H,3-18,20,22-25,27,29-35H2,1-2H3,(H,49,50,51)/b21-19+,28-26+/t36-,37-,40-,41?,42?,43+/m1/s1. The second kappa shape index (κ2) is 34.0. The molecule has 0 radical (unpaired) electrons. The zero-order chi connectivity index (χ0) is 41.3. The van der Waals surface area contributed by atoms with E-state index in [0.717, 1.165) is 38.5 Å². The fourth-order valence-corrected chi connectivity index (χ4v) is 7.26. The molecule has 13 heteroatoms. The smallest absolute Gasteiger partial charge is 0.306 e. The lowest BCUT2D eigenvalue weighted by molar-refractivity contribution is -0.297. The number of carbonyl (C=O) groups excluding carboxylic acids is 2. The van der Waals surface area contributed by atoms with Crippen molar-refractivity contribution in [2.75, 3.05) is 19.0 Å². The first kappa shape index (κ1) is 52.1. The van der Waals surface area contributed by atoms with E-state index in [-0.39, 0.29) is 19.4 Å². The van der Waals surface area contributed by atoms with Gasteiger partial charge in [0.15, 0.2) is 12.4 Å². The lowest BCUT2D eigenvalue weighted by Crippen LogP contribution is -2.60. The molecule has 2 unspecified atom stereocenters. The van der Waals surface area contributed by atoms with Gasteiger partial charge in [-0.15, -0.1) is 0 Å². The van der Waals surface area contributed by atoms with Gasteiger partial charge in [-0.05, 0) is 51.4 Å². The lowest BCUT2D eigenvalue weighted by Gasteiger charge is -2.40. The second-order valence-corrected chi connectivity index (χ2v) is 16.9. The first-order valence-electron chi connectivity index (χ1n) is 21.9. The van der Waals surface area contributed by atoms with Crippen molar-refractivity contribution in [2.45, 2.75) is 218 Å². The van der Waals surface area contributed by atoms with Gasteiger partial charge in [-0.3, -0.25) is 14.1 Å². The van der Waals surface area contributed by atoms with Crippen LogP contribution in [0.4, 0.5) is 0 Å². The normalized spacial score (nSPS) is 20.9. The van der Waals surface area contributed by atoms with Crippen LogP contribution in [0.25, 0.3) is 0 Å². The predicted molar refractivity (Wildman–Crippen MR) is 220 cm³/mol. The highest BCUT2D eigenvalue weighted by atomic mass is 32.2. The highest BCUT2D eigenvalue weighted by Crippen LogP contribution is 2.24. The predicted octanol–water partition coefficient (Wildman–Crippen LogP) is 8.45. The summed E-state index contributed by atoms with van der Waals surface area (Å²) in [6, 6.07) is 0. The molecule has 1 aliphatic heterocycles. The second-order valence-electron chi connectivity index (χ2n) is 15.4. The molecule has 12 nitrogen and oxygen atoms in total. The van der Waals surface area contributed by atoms with Crippen LogP contribution < -0.4 is 0 Å². The van der Waals surface area contributed by atoms with Gasteiger partial charge in [0.1, 0.15) is 36.8 Å². The number of aliphatic hydroxyl groups is 3. The first-order valence-corrected chi connectivity index (χ1v) is 23.5. The molecule has 0 aromatic rings. The van der Waals surface area contributed by atoms with Crippen LogP contribution in [0, 0.1) is 0 Å². The summed E-state index contributed by atoms with van der Waals surface area (Å²) in [6.45, 7) is 3.70. The van der Waals surface area contributed by atoms with Gasteiger partial charge in [0, 0.05) is 12.8 Å². The molecule has 0 amide bonds. The van der Waals surface area contributed by atoms with Gasteiger partial charge < -0.3 is 34.3 Å². The molecule has 0 saturated carbocycles. The van der Waals surface area contributed by atoms with Crippen LogP contribution in [0.15, 0.2) is 24.3 Å². The number of ether oxygens (including phenoxy) is 4. The van der Waals surface area contributed by atoms with E-state index in [1.165, 1.54) is 103 Å². The molecule has 0 spiro atoms. The van der Waals surface area contributed by atoms with Crippen LogP contribution in [0.3, 0.4) is 0 Å². The van der Waals surface area contributed by atoms with E-state index in [2.05, 4.69) is 32.1 Å². The molecule has 0 aliphatic carbocycles. The molecule has 0 aromatic carbocycles. The summed E-state index contributed by atoms with van der Waals surface area (Å²) in [4.78, 5) is 25.3. The van der Waals surface area contributed by atoms with Gasteiger partial charge in [0.25, 0.3) is 10.1 Å². The number of aliphatic hydroxyl groups excluding tert-OH is 3. The average Bonchev–Trinajstić information content (AvgIpc) is 3.16. The van der Waals surface area contributed by atoms with E-state index in [4.69, 9.17) is 18.9 Å². The van der Waals surface area contributed by atoms with Crippen LogP contribution >= 0.6 is 0 Å². The summed E-state index contributed by atoms with van der Waals surface area (Å²) in [6.07, 6.45) is 26.7. The summed E-state index contributed by atoms with van der Waals surface area (Å²) in [7, 11) is -4.60. The molecule has 0 aromatic heterocycles. The molecule has 328 valence electrons. The van der Waals surface area contributed by atoms with E-state index in [1.54, 1.807) is 0 Å². The maximum Gasteiger partial charge on any atom is 0.306 e. The maximum absolute atomic E-state index is 12.8. The number of carbonyl (C=O) groups is 2. The van der Waals surface area contributed by atoms with Crippen molar-refractivity contribution in [2.24, 2.45) is 0 Å². The summed E-state index contributed by atoms with van der Waals surface area (Å²) in [5, 5.41) is 30.8. The van der Waals surface area contributed by atoms with Gasteiger partial charge >= 0.3 is 11.9 Å². The Balaban J connectivity index is 2.50. The lowest BCUT2D eigenvalue weighted by atomic mass is 10.00. The Labute approximate surface area is 338 Å². The van der Waals surface area contributed by atoms with Crippen molar-refractivity contribution >= 4 is 22.1 Å². The molecule has 1 fully saturated rings. The maximum atomic E-state index is 12.8. The fourth-order valence-electron chi connectivity index (χ4n) is 6.57. The third kappa shape index (κ3) is 28.5. The van der Waals surface area contributed by atoms with E-state index >= 15 is 0 Å². The number of hydrogen-bond donors (Lipinski definition) is 4. The van der Waals surface area contributed by atoms with Gasteiger partial charge in [0.05, 0.1) is 6.61 Å². The summed E-state index contributed by atoms with van der Waals surface area (Å²) in [5.41, 5.74) is 0. The zero-order valence-corrected chi connectivity index (χ0v) is 35.6. The minimum atomic E-state index is -4.60. The Morgan fingerprint density at radius 1 is 0.589 bits per heavy atom. The monoisotopic (exact) mass is 819 g/mol. The summed E-state index contributed by atoms with van der Waals surface area (Å²) in [5.74, 6) is -2.06. The summed E-state index contributed by atoms with van der Waals surface area (Å²) < 4.78 is 53.9. The molecule has 0 bridgehead atoms. The molecular weight excluding hydrogens is 741 g/mol. The third-order valence-electron chi connectivity index (χ3n) is 10.0. The zero-order valence-electron chi connectivity index (χ0n) is 34.7. The minimum absolute atomic E-state index is 0.0799. The molecular formula is C43H78O12S. The Kier molecular flexibility index (Phi) is 31.7. The number of allylic oxidation sites excluding steroid dienone is 4. The fraction of sp³-hybridized carbons (Fsp3) is 0.860. The van der Waals surface area contributed by atoms with Crippen molar-refractivity contribution < 1.29 is 56.8 Å². The molecule has 1 heterocycles. The molecule has 4 N–H and O–H groups in total. The highest BCUT2D eigenvalue weighted by molar-refractivity contribution is 7.85. The van der Waals surface area contributed by atoms with E-state index in [1.807, 2.05) is 6.08 Å². The summed E-state index contributed by atoms with van der Waals surface area (Å²) >= 11 is 0. The topological polar surface area (TPSA) is 186 Å². The molecule has 6 atom stereocenters. The Morgan fingerprint density at radius 3 is 1.55 bits per heavy atom. The number of unbranched alkanes of at least 4 members (excludes halogenated alkanes) is 20. The van der Waals surface area contributed by atoms with Gasteiger partial charge in [-0.1, -0.05) is 141 Å². The molecule has 56 heavy (non-hydrogen) atoms. The average molecular weight is 819 g/mol.